The zero-order valence-corrected chi connectivity index (χ0v) is 16.4. The molecular weight excluding hydrogens is 372 g/mol. The molecule has 2 amide bonds. The van der Waals surface area contributed by atoms with E-state index in [1.54, 1.807) is 11.1 Å². The molecule has 1 aliphatic carbocycles. The highest BCUT2D eigenvalue weighted by Gasteiger charge is 2.35. The Morgan fingerprint density at radius 2 is 2.18 bits per heavy atom. The first-order valence-corrected chi connectivity index (χ1v) is 10.5. The fraction of sp³-hybridized carbons (Fsp3) is 0.429. The molecule has 1 saturated heterocycles. The molecule has 2 aromatic rings. The molecule has 1 atom stereocenters. The molecule has 7 heteroatoms. The highest BCUT2D eigenvalue weighted by atomic mass is 32.1. The number of amides is 2. The third kappa shape index (κ3) is 3.78. The summed E-state index contributed by atoms with van der Waals surface area (Å²) in [4.78, 5) is 32.3. The van der Waals surface area contributed by atoms with Gasteiger partial charge in [-0.25, -0.2) is 0 Å². The van der Waals surface area contributed by atoms with Gasteiger partial charge in [-0.15, -0.1) is 11.3 Å². The predicted molar refractivity (Wildman–Crippen MR) is 107 cm³/mol. The number of nitrogens with one attached hydrogen (secondary N) is 1. The summed E-state index contributed by atoms with van der Waals surface area (Å²) in [6.45, 7) is 0.800. The summed E-state index contributed by atoms with van der Waals surface area (Å²) in [5.41, 5.74) is 2.54. The normalized spacial score (nSPS) is 19.0. The van der Waals surface area contributed by atoms with E-state index in [0.29, 0.717) is 23.7 Å². The molecular formula is C21H22N4O2S. The van der Waals surface area contributed by atoms with E-state index in [-0.39, 0.29) is 18.2 Å². The van der Waals surface area contributed by atoms with Gasteiger partial charge < -0.3 is 10.2 Å². The van der Waals surface area contributed by atoms with Crippen LogP contribution in [-0.4, -0.2) is 28.2 Å². The lowest BCUT2D eigenvalue weighted by molar-refractivity contribution is -0.128. The van der Waals surface area contributed by atoms with Crippen LogP contribution < -0.4 is 5.32 Å². The van der Waals surface area contributed by atoms with Gasteiger partial charge in [0, 0.05) is 24.0 Å². The van der Waals surface area contributed by atoms with Gasteiger partial charge >= 0.3 is 0 Å². The molecule has 6 nitrogen and oxygen atoms in total. The fourth-order valence-corrected chi connectivity index (χ4v) is 5.19. The maximum Gasteiger partial charge on any atom is 0.230 e. The van der Waals surface area contributed by atoms with Crippen molar-refractivity contribution in [2.24, 2.45) is 5.92 Å². The van der Waals surface area contributed by atoms with Crippen molar-refractivity contribution in [1.82, 2.24) is 9.88 Å². The van der Waals surface area contributed by atoms with Crippen molar-refractivity contribution in [3.8, 4) is 6.07 Å². The zero-order chi connectivity index (χ0) is 19.5. The number of pyridine rings is 1. The Hall–Kier alpha value is -2.72. The number of hydrogen-bond donors (Lipinski definition) is 1. The fourth-order valence-electron chi connectivity index (χ4n) is 3.95. The van der Waals surface area contributed by atoms with E-state index >= 15 is 0 Å². The Morgan fingerprint density at radius 1 is 1.32 bits per heavy atom. The Labute approximate surface area is 168 Å². The Morgan fingerprint density at radius 3 is 2.96 bits per heavy atom. The largest absolute Gasteiger partial charge is 0.336 e. The van der Waals surface area contributed by atoms with Gasteiger partial charge in [0.15, 0.2) is 0 Å². The molecule has 0 saturated carbocycles. The lowest BCUT2D eigenvalue weighted by Crippen LogP contribution is -2.28. The van der Waals surface area contributed by atoms with Gasteiger partial charge in [-0.05, 0) is 43.4 Å². The van der Waals surface area contributed by atoms with Gasteiger partial charge in [-0.3, -0.25) is 14.6 Å². The summed E-state index contributed by atoms with van der Waals surface area (Å²) < 4.78 is 0. The number of thiophene rings is 1. The number of aromatic nitrogens is 1. The summed E-state index contributed by atoms with van der Waals surface area (Å²) in [7, 11) is 0. The molecule has 3 heterocycles. The van der Waals surface area contributed by atoms with Gasteiger partial charge in [0.25, 0.3) is 0 Å². The van der Waals surface area contributed by atoms with E-state index in [4.69, 9.17) is 0 Å². The van der Waals surface area contributed by atoms with E-state index in [9.17, 15) is 14.9 Å². The molecule has 0 spiro atoms. The third-order valence-corrected chi connectivity index (χ3v) is 6.64. The second kappa shape index (κ2) is 8.11. The number of carbonyl (C=O) groups excluding carboxylic acids is 2. The lowest BCUT2D eigenvalue weighted by atomic mass is 10.1. The minimum atomic E-state index is -0.398. The first-order valence-electron chi connectivity index (χ1n) is 9.69. The lowest BCUT2D eigenvalue weighted by Gasteiger charge is -2.16. The maximum absolute atomic E-state index is 12.8. The number of carbonyl (C=O) groups is 2. The average Bonchev–Trinajstić information content (AvgIpc) is 3.13. The predicted octanol–water partition coefficient (Wildman–Crippen LogP) is 3.27. The number of hydrogen-bond acceptors (Lipinski definition) is 5. The Kier molecular flexibility index (Phi) is 5.40. The van der Waals surface area contributed by atoms with Crippen LogP contribution in [-0.2, 0) is 29.0 Å². The first kappa shape index (κ1) is 18.6. The zero-order valence-electron chi connectivity index (χ0n) is 15.6. The van der Waals surface area contributed by atoms with Crippen molar-refractivity contribution in [2.45, 2.75) is 45.1 Å². The number of fused-ring (bicyclic) bond motifs is 1. The second-order valence-electron chi connectivity index (χ2n) is 7.37. The van der Waals surface area contributed by atoms with Crippen LogP contribution in [0.2, 0.25) is 0 Å². The molecule has 1 fully saturated rings. The highest BCUT2D eigenvalue weighted by Crippen LogP contribution is 2.37. The molecule has 0 bridgehead atoms. The molecule has 1 aliphatic heterocycles. The van der Waals surface area contributed by atoms with Crippen molar-refractivity contribution in [3.63, 3.8) is 0 Å². The van der Waals surface area contributed by atoms with E-state index in [1.807, 2.05) is 18.2 Å². The maximum atomic E-state index is 12.8. The summed E-state index contributed by atoms with van der Waals surface area (Å²) in [6, 6.07) is 7.88. The van der Waals surface area contributed by atoms with Gasteiger partial charge in [-0.2, -0.15) is 5.26 Å². The van der Waals surface area contributed by atoms with Gasteiger partial charge in [0.1, 0.15) is 11.1 Å². The SMILES string of the molecule is N#Cc1c(NC(=O)C2CC(=O)N(Cc3ccccn3)C2)sc2c1CCCCC2. The molecule has 4 rings (SSSR count). The first-order chi connectivity index (χ1) is 13.7. The Bertz CT molecular complexity index is 932. The van der Waals surface area contributed by atoms with E-state index in [2.05, 4.69) is 16.4 Å². The molecule has 144 valence electrons. The van der Waals surface area contributed by atoms with E-state index in [1.165, 1.54) is 22.6 Å². The van der Waals surface area contributed by atoms with E-state index in [0.717, 1.165) is 36.9 Å². The van der Waals surface area contributed by atoms with Crippen LogP contribution in [0.1, 0.15) is 47.4 Å². The van der Waals surface area contributed by atoms with Crippen molar-refractivity contribution >= 4 is 28.2 Å². The van der Waals surface area contributed by atoms with Crippen molar-refractivity contribution in [1.29, 1.82) is 5.26 Å². The molecule has 0 aromatic carbocycles. The molecule has 2 aromatic heterocycles. The number of anilines is 1. The topological polar surface area (TPSA) is 86.1 Å². The van der Waals surface area contributed by atoms with Gasteiger partial charge in [-0.1, -0.05) is 12.5 Å². The van der Waals surface area contributed by atoms with Gasteiger partial charge in [0.05, 0.1) is 23.7 Å². The second-order valence-corrected chi connectivity index (χ2v) is 8.47. The average molecular weight is 395 g/mol. The van der Waals surface area contributed by atoms with E-state index < -0.39 is 5.92 Å². The van der Waals surface area contributed by atoms with Crippen LogP contribution in [0.25, 0.3) is 0 Å². The number of rotatable bonds is 4. The van der Waals surface area contributed by atoms with Crippen molar-refractivity contribution in [2.75, 3.05) is 11.9 Å². The number of aryl methyl sites for hydroxylation is 1. The third-order valence-electron chi connectivity index (χ3n) is 5.43. The standard InChI is InChI=1S/C21H22N4O2S/c22-11-17-16-7-2-1-3-8-18(16)28-21(17)24-20(27)14-10-19(26)25(12-14)13-15-6-4-5-9-23-15/h4-6,9,14H,1-3,7-8,10,12-13H2,(H,24,27). The number of nitriles is 1. The van der Waals surface area contributed by atoms with Crippen LogP contribution in [0.4, 0.5) is 5.00 Å². The van der Waals surface area contributed by atoms with Crippen LogP contribution in [0.15, 0.2) is 24.4 Å². The number of likely N-dealkylation sites (tertiary alicyclic amines) is 1. The summed E-state index contributed by atoms with van der Waals surface area (Å²) in [5.74, 6) is -0.609. The minimum Gasteiger partial charge on any atom is -0.336 e. The summed E-state index contributed by atoms with van der Waals surface area (Å²) in [5, 5.41) is 13.2. The van der Waals surface area contributed by atoms with Gasteiger partial charge in [0.2, 0.25) is 11.8 Å². The molecule has 2 aliphatic rings. The van der Waals surface area contributed by atoms with Crippen LogP contribution in [0.5, 0.6) is 0 Å². The molecule has 1 N–H and O–H groups in total. The Balaban J connectivity index is 1.45. The monoisotopic (exact) mass is 394 g/mol. The smallest absolute Gasteiger partial charge is 0.230 e. The quantitative estimate of drug-likeness (QED) is 0.807. The molecule has 0 radical (unpaired) electrons. The van der Waals surface area contributed by atoms with Crippen LogP contribution in [0, 0.1) is 17.2 Å². The molecule has 28 heavy (non-hydrogen) atoms. The summed E-state index contributed by atoms with van der Waals surface area (Å²) >= 11 is 1.53. The number of nitrogens with zero attached hydrogens (tertiary/aromatic N) is 3. The summed E-state index contributed by atoms with van der Waals surface area (Å²) in [6.07, 6.45) is 7.19. The molecule has 1 unspecified atom stereocenters. The van der Waals surface area contributed by atoms with Crippen molar-refractivity contribution in [3.05, 3.63) is 46.1 Å². The van der Waals surface area contributed by atoms with Crippen LogP contribution in [0.3, 0.4) is 0 Å². The highest BCUT2D eigenvalue weighted by molar-refractivity contribution is 7.16. The van der Waals surface area contributed by atoms with Crippen molar-refractivity contribution < 1.29 is 9.59 Å². The minimum absolute atomic E-state index is 0.0340. The van der Waals surface area contributed by atoms with Crippen LogP contribution >= 0.6 is 11.3 Å².